The van der Waals surface area contributed by atoms with Crippen molar-refractivity contribution in [3.8, 4) is 5.88 Å². The summed E-state index contributed by atoms with van der Waals surface area (Å²) < 4.78 is 8.20. The molecule has 3 N–H and O–H groups in total. The third-order valence-corrected chi connectivity index (χ3v) is 5.87. The minimum absolute atomic E-state index is 0. The molecule has 0 atom stereocenters. The average molecular weight is 495 g/mol. The lowest BCUT2D eigenvalue weighted by molar-refractivity contribution is 0.232. The Kier molecular flexibility index (Phi) is 10.2. The second-order valence-electron chi connectivity index (χ2n) is 8.80. The van der Waals surface area contributed by atoms with Crippen molar-refractivity contribution in [2.45, 2.75) is 84.5 Å². The molecule has 0 radical (unpaired) electrons. The van der Waals surface area contributed by atoms with Gasteiger partial charge in [-0.1, -0.05) is 44.0 Å². The van der Waals surface area contributed by atoms with Gasteiger partial charge in [-0.3, -0.25) is 0 Å². The smallest absolute Gasteiger partial charge is 0.260 e. The number of halogens is 2. The Labute approximate surface area is 208 Å². The second kappa shape index (κ2) is 12.4. The van der Waals surface area contributed by atoms with Crippen LogP contribution in [-0.4, -0.2) is 31.9 Å². The number of rotatable bonds is 10. The van der Waals surface area contributed by atoms with Crippen molar-refractivity contribution in [2.75, 3.05) is 5.73 Å². The highest BCUT2D eigenvalue weighted by Crippen LogP contribution is 2.29. The molecule has 1 aliphatic rings. The van der Waals surface area contributed by atoms with E-state index in [1.165, 1.54) is 30.4 Å². The highest BCUT2D eigenvalue weighted by atomic mass is 35.5. The number of unbranched alkanes of at least 4 members (excludes halogenated alkanes) is 1. The Hall–Kier alpha value is -2.09. The van der Waals surface area contributed by atoms with E-state index in [-0.39, 0.29) is 30.9 Å². The van der Waals surface area contributed by atoms with Crippen LogP contribution in [0, 0.1) is 0 Å². The van der Waals surface area contributed by atoms with Crippen LogP contribution < -0.4 is 15.8 Å². The monoisotopic (exact) mass is 494 g/mol. The lowest BCUT2D eigenvalue weighted by Gasteiger charge is -2.26. The molecule has 2 aromatic heterocycles. The molecular weight excluding hydrogens is 459 g/mol. The van der Waals surface area contributed by atoms with Crippen LogP contribution in [0.15, 0.2) is 24.3 Å². The minimum atomic E-state index is -0.00975. The third-order valence-electron chi connectivity index (χ3n) is 5.87. The fourth-order valence-corrected chi connectivity index (χ4v) is 3.98. The number of aryl methyl sites for hydroxylation is 1. The van der Waals surface area contributed by atoms with Crippen LogP contribution in [0.1, 0.15) is 69.8 Å². The van der Waals surface area contributed by atoms with Crippen LogP contribution >= 0.6 is 24.8 Å². The number of nitrogens with two attached hydrogens (primary N) is 1. The number of ether oxygens (including phenoxy) is 1. The molecule has 1 fully saturated rings. The highest BCUT2D eigenvalue weighted by molar-refractivity contribution is 5.88. The third kappa shape index (κ3) is 6.49. The maximum absolute atomic E-state index is 6.16. The fraction of sp³-hybridized carbons (Fsp3) is 0.542. The molecule has 1 saturated carbocycles. The summed E-state index contributed by atoms with van der Waals surface area (Å²) in [6.07, 6.45) is 6.98. The summed E-state index contributed by atoms with van der Waals surface area (Å²) in [5, 5.41) is 12.0. The zero-order chi connectivity index (χ0) is 21.8. The van der Waals surface area contributed by atoms with Gasteiger partial charge in [0, 0.05) is 25.6 Å². The Morgan fingerprint density at radius 2 is 1.94 bits per heavy atom. The quantitative estimate of drug-likeness (QED) is 0.408. The van der Waals surface area contributed by atoms with Gasteiger partial charge >= 0.3 is 0 Å². The number of imidazole rings is 1. The fourth-order valence-electron chi connectivity index (χ4n) is 3.98. The Bertz CT molecular complexity index is 1040. The molecule has 7 nitrogen and oxygen atoms in total. The van der Waals surface area contributed by atoms with E-state index in [4.69, 9.17) is 15.5 Å². The molecule has 0 aliphatic heterocycles. The predicted molar refractivity (Wildman–Crippen MR) is 139 cm³/mol. The van der Waals surface area contributed by atoms with Crippen LogP contribution in [0.4, 0.5) is 5.82 Å². The van der Waals surface area contributed by atoms with E-state index < -0.39 is 0 Å². The largest absolute Gasteiger partial charge is 0.472 e. The average Bonchev–Trinajstić information content (AvgIpc) is 3.07. The van der Waals surface area contributed by atoms with Crippen molar-refractivity contribution in [3.05, 3.63) is 41.2 Å². The minimum Gasteiger partial charge on any atom is -0.472 e. The summed E-state index contributed by atoms with van der Waals surface area (Å²) in [6, 6.07) is 9.46. The van der Waals surface area contributed by atoms with Gasteiger partial charge in [0.2, 0.25) is 0 Å². The summed E-state index contributed by atoms with van der Waals surface area (Å²) in [5.74, 6) is 1.85. The van der Waals surface area contributed by atoms with Gasteiger partial charge in [-0.25, -0.2) is 4.98 Å². The van der Waals surface area contributed by atoms with Crippen LogP contribution in [0.3, 0.4) is 0 Å². The van der Waals surface area contributed by atoms with Gasteiger partial charge in [-0.05, 0) is 44.2 Å². The highest BCUT2D eigenvalue weighted by Gasteiger charge is 2.21. The van der Waals surface area contributed by atoms with Crippen molar-refractivity contribution in [1.29, 1.82) is 0 Å². The molecule has 33 heavy (non-hydrogen) atoms. The standard InChI is InChI=1S/C24H34N6O.2ClH/c1-4-5-12-20-27-21-22(24(31-16(2)3)29-28-23(21)25)30(20)15-18-9-6-8-17(13-18)14-26-19-10-7-11-19;;/h6,8-9,13,16,19,26H,4-5,7,10-12,14-15H2,1-3H3,(H2,25,28);2*1H. The summed E-state index contributed by atoms with van der Waals surface area (Å²) in [5.41, 5.74) is 10.2. The van der Waals surface area contributed by atoms with E-state index in [1.54, 1.807) is 0 Å². The lowest BCUT2D eigenvalue weighted by Crippen LogP contribution is -2.34. The molecule has 1 aromatic carbocycles. The van der Waals surface area contributed by atoms with E-state index in [0.717, 1.165) is 37.1 Å². The Morgan fingerprint density at radius 1 is 1.18 bits per heavy atom. The van der Waals surface area contributed by atoms with Gasteiger partial charge in [-0.2, -0.15) is 0 Å². The van der Waals surface area contributed by atoms with Gasteiger partial charge < -0.3 is 20.4 Å². The van der Waals surface area contributed by atoms with E-state index in [2.05, 4.69) is 51.3 Å². The van der Waals surface area contributed by atoms with Crippen LogP contribution in [-0.2, 0) is 19.5 Å². The molecule has 3 aromatic rings. The molecule has 0 spiro atoms. The van der Waals surface area contributed by atoms with Crippen molar-refractivity contribution in [1.82, 2.24) is 25.1 Å². The van der Waals surface area contributed by atoms with Gasteiger partial charge in [0.25, 0.3) is 5.88 Å². The van der Waals surface area contributed by atoms with Crippen molar-refractivity contribution >= 4 is 41.7 Å². The number of aromatic nitrogens is 4. The van der Waals surface area contributed by atoms with E-state index >= 15 is 0 Å². The van der Waals surface area contributed by atoms with Crippen molar-refractivity contribution in [2.24, 2.45) is 0 Å². The van der Waals surface area contributed by atoms with Gasteiger partial charge in [0.05, 0.1) is 6.10 Å². The zero-order valence-corrected chi connectivity index (χ0v) is 21.3. The number of nitrogen functional groups attached to an aromatic ring is 1. The summed E-state index contributed by atoms with van der Waals surface area (Å²) in [4.78, 5) is 4.86. The molecule has 4 rings (SSSR count). The number of benzene rings is 1. The number of fused-ring (bicyclic) bond motifs is 1. The number of hydrogen-bond acceptors (Lipinski definition) is 6. The summed E-state index contributed by atoms with van der Waals surface area (Å²) in [6.45, 7) is 7.77. The molecule has 0 saturated heterocycles. The number of nitrogens with one attached hydrogen (secondary N) is 1. The van der Waals surface area contributed by atoms with E-state index in [9.17, 15) is 0 Å². The molecule has 182 valence electrons. The molecule has 0 unspecified atom stereocenters. The van der Waals surface area contributed by atoms with E-state index in [0.29, 0.717) is 29.8 Å². The molecule has 0 amide bonds. The molecular formula is C24H36Cl2N6O. The SMILES string of the molecule is CCCCc1nc2c(N)nnc(OC(C)C)c2n1Cc1cccc(CNC2CCC2)c1.Cl.Cl. The maximum Gasteiger partial charge on any atom is 0.260 e. The first-order chi connectivity index (χ1) is 15.0. The van der Waals surface area contributed by atoms with Crippen molar-refractivity contribution in [3.63, 3.8) is 0 Å². The number of hydrogen-bond donors (Lipinski definition) is 2. The summed E-state index contributed by atoms with van der Waals surface area (Å²) in [7, 11) is 0. The van der Waals surface area contributed by atoms with Gasteiger partial charge in [0.15, 0.2) is 5.82 Å². The van der Waals surface area contributed by atoms with Crippen molar-refractivity contribution < 1.29 is 4.74 Å². The molecule has 1 aliphatic carbocycles. The van der Waals surface area contributed by atoms with E-state index in [1.807, 2.05) is 13.8 Å². The molecule has 0 bridgehead atoms. The first kappa shape index (κ1) is 27.2. The van der Waals surface area contributed by atoms with Crippen LogP contribution in [0.25, 0.3) is 11.0 Å². The Morgan fingerprint density at radius 3 is 2.61 bits per heavy atom. The summed E-state index contributed by atoms with van der Waals surface area (Å²) >= 11 is 0. The molecule has 9 heteroatoms. The van der Waals surface area contributed by atoms with Gasteiger partial charge in [-0.15, -0.1) is 35.0 Å². The maximum atomic E-state index is 6.16. The zero-order valence-electron chi connectivity index (χ0n) is 19.7. The van der Waals surface area contributed by atoms with Gasteiger partial charge in [0.1, 0.15) is 16.9 Å². The van der Waals surface area contributed by atoms with Crippen LogP contribution in [0.5, 0.6) is 5.88 Å². The van der Waals surface area contributed by atoms with Crippen LogP contribution in [0.2, 0.25) is 0 Å². The Balaban J connectivity index is 0.00000193. The first-order valence-corrected chi connectivity index (χ1v) is 11.5. The number of nitrogens with zero attached hydrogens (tertiary/aromatic N) is 4. The topological polar surface area (TPSA) is 90.9 Å². The lowest BCUT2D eigenvalue weighted by atomic mass is 9.93. The first-order valence-electron chi connectivity index (χ1n) is 11.5. The predicted octanol–water partition coefficient (Wildman–Crippen LogP) is 5.07. The number of anilines is 1. The molecule has 2 heterocycles. The normalized spacial score (nSPS) is 13.5. The second-order valence-corrected chi connectivity index (χ2v) is 8.80.